The van der Waals surface area contributed by atoms with Crippen molar-refractivity contribution in [1.82, 2.24) is 34.5 Å². The average Bonchev–Trinajstić information content (AvgIpc) is 4.16. The molecular formula is C63H40IrN7. The molecule has 0 unspecified atom stereocenters. The largest absolute Gasteiger partial charge is 3.00 e. The van der Waals surface area contributed by atoms with Crippen molar-refractivity contribution in [2.24, 2.45) is 0 Å². The van der Waals surface area contributed by atoms with Gasteiger partial charge in [0.05, 0.1) is 11.4 Å². The van der Waals surface area contributed by atoms with Gasteiger partial charge in [-0.1, -0.05) is 138 Å². The van der Waals surface area contributed by atoms with Crippen LogP contribution in [0, 0.1) is 18.2 Å². The number of nitrogens with zero attached hydrogens (tertiary/aromatic N) is 7. The van der Waals surface area contributed by atoms with Crippen LogP contribution in [0.2, 0.25) is 0 Å². The summed E-state index contributed by atoms with van der Waals surface area (Å²) in [4.78, 5) is 13.8. The Hall–Kier alpha value is -8.94. The molecule has 12 aromatic rings. The van der Waals surface area contributed by atoms with E-state index < -0.39 is 0 Å². The Labute approximate surface area is 425 Å². The average molecular weight is 1090 g/mol. The van der Waals surface area contributed by atoms with E-state index in [-0.39, 0.29) is 20.1 Å². The molecule has 0 spiro atoms. The minimum atomic E-state index is 0. The van der Waals surface area contributed by atoms with Crippen LogP contribution in [0.5, 0.6) is 0 Å². The second kappa shape index (κ2) is 20.0. The number of pyridine rings is 3. The summed E-state index contributed by atoms with van der Waals surface area (Å²) < 4.78 is 3.97. The van der Waals surface area contributed by atoms with Crippen molar-refractivity contribution in [3.05, 3.63) is 262 Å². The Bertz CT molecular complexity index is 3580. The van der Waals surface area contributed by atoms with Crippen molar-refractivity contribution in [3.63, 3.8) is 0 Å². The van der Waals surface area contributed by atoms with Crippen molar-refractivity contribution in [3.8, 4) is 112 Å². The summed E-state index contributed by atoms with van der Waals surface area (Å²) in [6.07, 6.45) is 9.11. The van der Waals surface area contributed by atoms with Crippen molar-refractivity contribution < 1.29 is 20.1 Å². The zero-order valence-corrected chi connectivity index (χ0v) is 40.5. The SMILES string of the molecule is [Ir+3].[c-]1cc(-c2ccnn2-c2cc(-c3ccccc3-c3c[c-]c(-c4ccccn4)cc3-c3ccc(-c4ccccc4)cc3)cc(-c3ccnn3-c3c[c-]c(-c4ccccn4)cc3)c2)ccc1-c1ccccn1. The molecule has 0 saturated heterocycles. The number of hydrogen-bond donors (Lipinski definition) is 0. The molecule has 0 atom stereocenters. The molecule has 7 nitrogen and oxygen atoms in total. The molecule has 0 aliphatic carbocycles. The molecule has 0 aliphatic rings. The van der Waals surface area contributed by atoms with Crippen LogP contribution in [-0.2, 0) is 20.1 Å². The van der Waals surface area contributed by atoms with Crippen LogP contribution in [0.3, 0.4) is 0 Å². The molecule has 5 aromatic heterocycles. The number of rotatable bonds is 11. The molecular weight excluding hydrogens is 1050 g/mol. The fourth-order valence-electron chi connectivity index (χ4n) is 9.05. The van der Waals surface area contributed by atoms with Crippen molar-refractivity contribution in [1.29, 1.82) is 0 Å². The van der Waals surface area contributed by atoms with Gasteiger partial charge >= 0.3 is 20.1 Å². The third kappa shape index (κ3) is 9.09. The van der Waals surface area contributed by atoms with Gasteiger partial charge in [-0.25, -0.2) is 4.68 Å². The van der Waals surface area contributed by atoms with Gasteiger partial charge in [0.15, 0.2) is 0 Å². The zero-order chi connectivity index (χ0) is 46.6. The van der Waals surface area contributed by atoms with E-state index in [9.17, 15) is 0 Å². The van der Waals surface area contributed by atoms with Gasteiger partial charge in [0.25, 0.3) is 0 Å². The minimum Gasteiger partial charge on any atom is -0.305 e. The fraction of sp³-hybridized carbons (Fsp3) is 0. The van der Waals surface area contributed by atoms with Gasteiger partial charge in [0.1, 0.15) is 0 Å². The fourth-order valence-corrected chi connectivity index (χ4v) is 9.05. The molecule has 5 heterocycles. The summed E-state index contributed by atoms with van der Waals surface area (Å²) in [5.74, 6) is 0. The first-order valence-corrected chi connectivity index (χ1v) is 23.0. The second-order valence-electron chi connectivity index (χ2n) is 16.8. The second-order valence-corrected chi connectivity index (χ2v) is 16.8. The Morgan fingerprint density at radius 3 is 1.44 bits per heavy atom. The van der Waals surface area contributed by atoms with E-state index in [1.807, 2.05) is 113 Å². The molecule has 0 N–H and O–H groups in total. The monoisotopic (exact) mass is 1090 g/mol. The van der Waals surface area contributed by atoms with Crippen LogP contribution in [0.1, 0.15) is 0 Å². The first-order valence-electron chi connectivity index (χ1n) is 23.0. The van der Waals surface area contributed by atoms with Gasteiger partial charge in [-0.15, -0.1) is 83.4 Å². The molecule has 71 heavy (non-hydrogen) atoms. The minimum absolute atomic E-state index is 0. The van der Waals surface area contributed by atoms with E-state index in [4.69, 9.17) is 15.2 Å². The normalized spacial score (nSPS) is 11.0. The van der Waals surface area contributed by atoms with E-state index in [0.29, 0.717) is 0 Å². The summed E-state index contributed by atoms with van der Waals surface area (Å²) in [6, 6.07) is 83.6. The maximum Gasteiger partial charge on any atom is 3.00 e. The number of aromatic nitrogens is 7. The molecule has 0 aliphatic heterocycles. The van der Waals surface area contributed by atoms with Crippen LogP contribution < -0.4 is 0 Å². The summed E-state index contributed by atoms with van der Waals surface area (Å²) in [5.41, 5.74) is 19.5. The summed E-state index contributed by atoms with van der Waals surface area (Å²) in [5, 5.41) is 9.84. The standard InChI is InChI=1S/C63H40N7.Ir/c1-2-12-44(13-3-1)45-19-21-46(22-20-45)58-43-50(61-18-8-11-37-66-61)29-32-57(58)56-15-5-4-14-55(56)51-40-52(63-34-39-67-69(63)53-30-27-48(28-31-53)60-17-7-10-36-65-60)42-54(41-51)70-62(33-38-68-70)49-25-23-47(24-26-49)59-16-6-9-35-64-59;/h1-23,25-27,30-43H;/q-3;+3. The first kappa shape index (κ1) is 44.6. The van der Waals surface area contributed by atoms with E-state index in [1.54, 1.807) is 12.4 Å². The van der Waals surface area contributed by atoms with Crippen LogP contribution in [-0.4, -0.2) is 34.5 Å². The topological polar surface area (TPSA) is 74.3 Å². The van der Waals surface area contributed by atoms with Gasteiger partial charge in [-0.2, -0.15) is 10.2 Å². The summed E-state index contributed by atoms with van der Waals surface area (Å²) >= 11 is 0. The number of hydrogen-bond acceptors (Lipinski definition) is 5. The molecule has 7 aromatic carbocycles. The Kier molecular flexibility index (Phi) is 12.5. The van der Waals surface area contributed by atoms with E-state index in [1.165, 1.54) is 5.56 Å². The third-order valence-corrected chi connectivity index (χ3v) is 12.5. The van der Waals surface area contributed by atoms with Gasteiger partial charge in [-0.05, 0) is 99.1 Å². The summed E-state index contributed by atoms with van der Waals surface area (Å²) in [6.45, 7) is 0. The maximum absolute atomic E-state index is 4.97. The molecule has 0 radical (unpaired) electrons. The Morgan fingerprint density at radius 2 is 0.817 bits per heavy atom. The Morgan fingerprint density at radius 1 is 0.296 bits per heavy atom. The van der Waals surface area contributed by atoms with Gasteiger partial charge in [0.2, 0.25) is 0 Å². The van der Waals surface area contributed by atoms with Gasteiger partial charge in [-0.3, -0.25) is 4.68 Å². The molecule has 8 heteroatoms. The first-order chi connectivity index (χ1) is 34.7. The smallest absolute Gasteiger partial charge is 0.305 e. The third-order valence-electron chi connectivity index (χ3n) is 12.5. The predicted molar refractivity (Wildman–Crippen MR) is 280 cm³/mol. The summed E-state index contributed by atoms with van der Waals surface area (Å²) in [7, 11) is 0. The van der Waals surface area contributed by atoms with Crippen molar-refractivity contribution >= 4 is 0 Å². The number of benzene rings is 7. The molecule has 0 bridgehead atoms. The Balaban J connectivity index is 0.00000547. The predicted octanol–water partition coefficient (Wildman–Crippen LogP) is 14.6. The van der Waals surface area contributed by atoms with Gasteiger partial charge < -0.3 is 15.0 Å². The molecule has 0 saturated carbocycles. The van der Waals surface area contributed by atoms with Crippen LogP contribution in [0.25, 0.3) is 112 Å². The van der Waals surface area contributed by atoms with Crippen molar-refractivity contribution in [2.45, 2.75) is 0 Å². The maximum atomic E-state index is 4.97. The van der Waals surface area contributed by atoms with E-state index >= 15 is 0 Å². The quantitative estimate of drug-likeness (QED) is 0.121. The van der Waals surface area contributed by atoms with E-state index in [0.717, 1.165) is 107 Å². The molecule has 336 valence electrons. The molecule has 0 fully saturated rings. The van der Waals surface area contributed by atoms with Crippen LogP contribution >= 0.6 is 0 Å². The molecule has 0 amide bonds. The molecule has 12 rings (SSSR count). The van der Waals surface area contributed by atoms with E-state index in [2.05, 4.69) is 156 Å². The van der Waals surface area contributed by atoms with Gasteiger partial charge in [0, 0.05) is 42.2 Å². The van der Waals surface area contributed by atoms with Crippen molar-refractivity contribution in [2.75, 3.05) is 0 Å². The van der Waals surface area contributed by atoms with Crippen LogP contribution in [0.15, 0.2) is 243 Å². The van der Waals surface area contributed by atoms with Crippen LogP contribution in [0.4, 0.5) is 0 Å². The zero-order valence-electron chi connectivity index (χ0n) is 38.1.